The van der Waals surface area contributed by atoms with E-state index in [9.17, 15) is 0 Å². The van der Waals surface area contributed by atoms with Gasteiger partial charge in [0, 0.05) is 41.3 Å². The fourth-order valence-electron chi connectivity index (χ4n) is 6.44. The van der Waals surface area contributed by atoms with Crippen molar-refractivity contribution < 1.29 is 0 Å². The van der Waals surface area contributed by atoms with E-state index in [0.717, 1.165) is 61.4 Å². The van der Waals surface area contributed by atoms with Crippen molar-refractivity contribution in [1.82, 2.24) is 24.7 Å². The highest BCUT2D eigenvalue weighted by molar-refractivity contribution is 5.93. The minimum absolute atomic E-state index is 0.763. The highest BCUT2D eigenvalue weighted by Crippen LogP contribution is 2.43. The molecule has 0 radical (unpaired) electrons. The molecule has 0 saturated carbocycles. The number of rotatable bonds is 7. The van der Waals surface area contributed by atoms with Gasteiger partial charge in [0.05, 0.1) is 16.9 Å². The van der Waals surface area contributed by atoms with E-state index in [0.29, 0.717) is 0 Å². The summed E-state index contributed by atoms with van der Waals surface area (Å²) < 4.78 is 2.12. The standard InChI is InChI=1S/C41H29N5/c1-4-16-32(17-5-1)41(33-18-6-2-7-19-33,34-20-8-3-9-21-34)46-29-36(40(45-46)37-23-10-11-25-42-37)31-24-27-43-38(28-31)35-22-12-14-30-15-13-26-44-39(30)35/h1-29H. The van der Waals surface area contributed by atoms with E-state index in [4.69, 9.17) is 20.1 Å². The number of aromatic nitrogens is 5. The third-order valence-electron chi connectivity index (χ3n) is 8.52. The molecule has 0 atom stereocenters. The zero-order chi connectivity index (χ0) is 30.8. The van der Waals surface area contributed by atoms with Crippen molar-refractivity contribution in [2.24, 2.45) is 0 Å². The van der Waals surface area contributed by atoms with E-state index in [1.165, 1.54) is 0 Å². The van der Waals surface area contributed by atoms with Crippen LogP contribution in [-0.4, -0.2) is 24.7 Å². The molecule has 0 aliphatic rings. The molecule has 8 aromatic rings. The summed E-state index contributed by atoms with van der Waals surface area (Å²) in [6.45, 7) is 0. The molecule has 0 amide bonds. The van der Waals surface area contributed by atoms with Crippen LogP contribution in [-0.2, 0) is 5.54 Å². The van der Waals surface area contributed by atoms with Crippen molar-refractivity contribution in [3.63, 3.8) is 0 Å². The van der Waals surface area contributed by atoms with E-state index in [-0.39, 0.29) is 0 Å². The zero-order valence-corrected chi connectivity index (χ0v) is 25.0. The van der Waals surface area contributed by atoms with Gasteiger partial charge in [0.25, 0.3) is 0 Å². The van der Waals surface area contributed by atoms with Crippen molar-refractivity contribution in [2.75, 3.05) is 0 Å². The average molecular weight is 592 g/mol. The largest absolute Gasteiger partial charge is 0.256 e. The molecule has 5 nitrogen and oxygen atoms in total. The Kier molecular flexibility index (Phi) is 6.97. The van der Waals surface area contributed by atoms with E-state index in [2.05, 4.69) is 132 Å². The molecule has 0 aliphatic heterocycles. The van der Waals surface area contributed by atoms with Crippen LogP contribution in [0.1, 0.15) is 16.7 Å². The van der Waals surface area contributed by atoms with E-state index in [1.807, 2.05) is 48.9 Å². The molecule has 0 bridgehead atoms. The van der Waals surface area contributed by atoms with Gasteiger partial charge in [-0.2, -0.15) is 5.10 Å². The molecule has 5 heteroatoms. The maximum atomic E-state index is 5.43. The van der Waals surface area contributed by atoms with Crippen molar-refractivity contribution in [3.8, 4) is 33.8 Å². The number of benzene rings is 4. The summed E-state index contributed by atoms with van der Waals surface area (Å²) in [4.78, 5) is 14.3. The summed E-state index contributed by atoms with van der Waals surface area (Å²) in [6.07, 6.45) is 7.67. The van der Waals surface area contributed by atoms with Gasteiger partial charge in [-0.15, -0.1) is 0 Å². The molecule has 0 fully saturated rings. The third-order valence-corrected chi connectivity index (χ3v) is 8.52. The number of hydrogen-bond donors (Lipinski definition) is 0. The topological polar surface area (TPSA) is 56.5 Å². The number of pyridine rings is 3. The second kappa shape index (κ2) is 11.7. The first-order valence-corrected chi connectivity index (χ1v) is 15.3. The summed E-state index contributed by atoms with van der Waals surface area (Å²) in [5, 5.41) is 6.51. The Labute approximate surface area is 267 Å². The van der Waals surface area contributed by atoms with Crippen molar-refractivity contribution >= 4 is 10.9 Å². The van der Waals surface area contributed by atoms with Gasteiger partial charge in [-0.3, -0.25) is 19.6 Å². The maximum Gasteiger partial charge on any atom is 0.138 e. The molecule has 4 aromatic heterocycles. The van der Waals surface area contributed by atoms with Crippen molar-refractivity contribution in [3.05, 3.63) is 193 Å². The predicted molar refractivity (Wildman–Crippen MR) is 184 cm³/mol. The number of para-hydroxylation sites is 1. The van der Waals surface area contributed by atoms with Crippen LogP contribution in [0.3, 0.4) is 0 Å². The Balaban J connectivity index is 1.41. The van der Waals surface area contributed by atoms with Gasteiger partial charge in [-0.25, -0.2) is 0 Å². The summed E-state index contributed by atoms with van der Waals surface area (Å²) in [6, 6.07) is 52.2. The van der Waals surface area contributed by atoms with Gasteiger partial charge in [0.2, 0.25) is 0 Å². The second-order valence-electron chi connectivity index (χ2n) is 11.2. The molecule has 8 rings (SSSR count). The van der Waals surface area contributed by atoms with Crippen LogP contribution < -0.4 is 0 Å². The normalized spacial score (nSPS) is 11.5. The van der Waals surface area contributed by atoms with Crippen LogP contribution in [0.15, 0.2) is 176 Å². The first-order chi connectivity index (χ1) is 22.8. The quantitative estimate of drug-likeness (QED) is 0.174. The lowest BCUT2D eigenvalue weighted by atomic mass is 9.77. The summed E-state index contributed by atoms with van der Waals surface area (Å²) >= 11 is 0. The van der Waals surface area contributed by atoms with E-state index in [1.54, 1.807) is 0 Å². The van der Waals surface area contributed by atoms with Gasteiger partial charge in [-0.1, -0.05) is 121 Å². The Bertz CT molecular complexity index is 2140. The van der Waals surface area contributed by atoms with Crippen molar-refractivity contribution in [1.29, 1.82) is 0 Å². The molecule has 4 aromatic carbocycles. The fourth-order valence-corrected chi connectivity index (χ4v) is 6.44. The maximum absolute atomic E-state index is 5.43. The Morgan fingerprint density at radius 2 is 1.07 bits per heavy atom. The molecule has 218 valence electrons. The highest BCUT2D eigenvalue weighted by atomic mass is 15.3. The molecular weight excluding hydrogens is 562 g/mol. The van der Waals surface area contributed by atoms with Gasteiger partial charge in [0.15, 0.2) is 0 Å². The second-order valence-corrected chi connectivity index (χ2v) is 11.2. The minimum Gasteiger partial charge on any atom is -0.256 e. The van der Waals surface area contributed by atoms with Crippen LogP contribution >= 0.6 is 0 Å². The molecule has 0 spiro atoms. The number of hydrogen-bond acceptors (Lipinski definition) is 4. The highest BCUT2D eigenvalue weighted by Gasteiger charge is 2.40. The van der Waals surface area contributed by atoms with E-state index < -0.39 is 5.54 Å². The van der Waals surface area contributed by atoms with Crippen LogP contribution in [0, 0.1) is 0 Å². The average Bonchev–Trinajstić information content (AvgIpc) is 3.59. The summed E-state index contributed by atoms with van der Waals surface area (Å²) in [5.41, 5.74) is 8.85. The molecule has 0 unspecified atom stereocenters. The monoisotopic (exact) mass is 591 g/mol. The first kappa shape index (κ1) is 27.4. The molecule has 46 heavy (non-hydrogen) atoms. The smallest absolute Gasteiger partial charge is 0.138 e. The third kappa shape index (κ3) is 4.66. The van der Waals surface area contributed by atoms with Crippen LogP contribution in [0.5, 0.6) is 0 Å². The van der Waals surface area contributed by atoms with Crippen LogP contribution in [0.25, 0.3) is 44.7 Å². The molecule has 4 heterocycles. The van der Waals surface area contributed by atoms with Gasteiger partial charge < -0.3 is 0 Å². The van der Waals surface area contributed by atoms with Crippen LogP contribution in [0.4, 0.5) is 0 Å². The van der Waals surface area contributed by atoms with Gasteiger partial charge >= 0.3 is 0 Å². The first-order valence-electron chi connectivity index (χ1n) is 15.3. The SMILES string of the molecule is c1ccc(C(c2ccccc2)(c2ccccc2)n2cc(-c3ccnc(-c4cccc5cccnc45)c3)c(-c3ccccn3)n2)cc1. The van der Waals surface area contributed by atoms with Crippen molar-refractivity contribution in [2.45, 2.75) is 5.54 Å². The molecule has 0 saturated heterocycles. The molecular formula is C41H29N5. The van der Waals surface area contributed by atoms with Gasteiger partial charge in [0.1, 0.15) is 11.2 Å². The van der Waals surface area contributed by atoms with Gasteiger partial charge in [-0.05, 0) is 52.6 Å². The zero-order valence-electron chi connectivity index (χ0n) is 25.0. The molecule has 0 aliphatic carbocycles. The van der Waals surface area contributed by atoms with Crippen LogP contribution in [0.2, 0.25) is 0 Å². The lowest BCUT2D eigenvalue weighted by Crippen LogP contribution is -2.38. The number of fused-ring (bicyclic) bond motifs is 1. The number of nitrogens with zero attached hydrogens (tertiary/aromatic N) is 5. The Morgan fingerprint density at radius 3 is 1.72 bits per heavy atom. The lowest BCUT2D eigenvalue weighted by Gasteiger charge is -2.36. The Morgan fingerprint density at radius 1 is 0.457 bits per heavy atom. The fraction of sp³-hybridized carbons (Fsp3) is 0.0244. The van der Waals surface area contributed by atoms with E-state index >= 15 is 0 Å². The Hall–Kier alpha value is -6.20. The predicted octanol–water partition coefficient (Wildman–Crippen LogP) is 9.06. The minimum atomic E-state index is -0.763. The molecule has 0 N–H and O–H groups in total. The summed E-state index contributed by atoms with van der Waals surface area (Å²) in [7, 11) is 0. The lowest BCUT2D eigenvalue weighted by molar-refractivity contribution is 0.461. The summed E-state index contributed by atoms with van der Waals surface area (Å²) in [5.74, 6) is 0.